The highest BCUT2D eigenvalue weighted by Crippen LogP contribution is 2.28. The van der Waals surface area contributed by atoms with Crippen LogP contribution in [0.5, 0.6) is 0 Å². The smallest absolute Gasteiger partial charge is 0.0361 e. The van der Waals surface area contributed by atoms with Crippen molar-refractivity contribution < 1.29 is 0 Å². The van der Waals surface area contributed by atoms with Gasteiger partial charge in [-0.2, -0.15) is 0 Å². The molecule has 0 aliphatic rings. The summed E-state index contributed by atoms with van der Waals surface area (Å²) in [6.07, 6.45) is 0. The molecule has 122 valence electrons. The Morgan fingerprint density at radius 1 is 0.458 bits per heavy atom. The summed E-state index contributed by atoms with van der Waals surface area (Å²) in [5.74, 6) is 0. The molecule has 0 aliphatic carbocycles. The molecule has 2 heteroatoms. The van der Waals surface area contributed by atoms with Crippen molar-refractivity contribution in [3.05, 3.63) is 72.8 Å². The number of anilines is 2. The maximum Gasteiger partial charge on any atom is 0.0361 e. The molecule has 0 heterocycles. The van der Waals surface area contributed by atoms with E-state index in [1.807, 2.05) is 0 Å². The highest BCUT2D eigenvalue weighted by molar-refractivity contribution is 5.74. The number of rotatable bonds is 4. The predicted octanol–water partition coefficient (Wildman–Crippen LogP) is 5.15. The van der Waals surface area contributed by atoms with Gasteiger partial charge in [0.05, 0.1) is 0 Å². The Labute approximate surface area is 145 Å². The highest BCUT2D eigenvalue weighted by Gasteiger charge is 2.03. The van der Waals surface area contributed by atoms with Gasteiger partial charge in [0, 0.05) is 39.6 Å². The molecule has 0 spiro atoms. The van der Waals surface area contributed by atoms with E-state index < -0.39 is 0 Å². The molecule has 0 N–H and O–H groups in total. The molecule has 0 aromatic heterocycles. The van der Waals surface area contributed by atoms with Gasteiger partial charge in [-0.05, 0) is 52.6 Å². The monoisotopic (exact) mass is 316 g/mol. The average Bonchev–Trinajstić information content (AvgIpc) is 2.62. The summed E-state index contributed by atoms with van der Waals surface area (Å²) in [4.78, 5) is 4.24. The molecule has 0 saturated heterocycles. The number of hydrogen-bond acceptors (Lipinski definition) is 2. The van der Waals surface area contributed by atoms with Gasteiger partial charge in [0.1, 0.15) is 0 Å². The normalized spacial score (nSPS) is 10.5. The second-order valence-electron chi connectivity index (χ2n) is 6.46. The predicted molar refractivity (Wildman–Crippen MR) is 106 cm³/mol. The molecule has 3 aromatic carbocycles. The van der Waals surface area contributed by atoms with E-state index in [0.717, 1.165) is 0 Å². The first-order chi connectivity index (χ1) is 11.5. The minimum atomic E-state index is 1.22. The Bertz CT molecular complexity index is 733. The second-order valence-corrected chi connectivity index (χ2v) is 6.46. The van der Waals surface area contributed by atoms with E-state index in [9.17, 15) is 0 Å². The fourth-order valence-electron chi connectivity index (χ4n) is 2.78. The minimum Gasteiger partial charge on any atom is -0.378 e. The van der Waals surface area contributed by atoms with Gasteiger partial charge in [-0.25, -0.2) is 0 Å². The summed E-state index contributed by atoms with van der Waals surface area (Å²) in [7, 11) is 8.25. The van der Waals surface area contributed by atoms with Gasteiger partial charge in [-0.3, -0.25) is 0 Å². The van der Waals surface area contributed by atoms with Gasteiger partial charge in [0.15, 0.2) is 0 Å². The first-order valence-electron chi connectivity index (χ1n) is 8.20. The molecule has 0 atom stereocenters. The Hall–Kier alpha value is -2.74. The molecule has 0 saturated carbocycles. The summed E-state index contributed by atoms with van der Waals surface area (Å²) >= 11 is 0. The van der Waals surface area contributed by atoms with Crippen molar-refractivity contribution in [2.75, 3.05) is 38.0 Å². The lowest BCUT2D eigenvalue weighted by atomic mass is 9.99. The van der Waals surface area contributed by atoms with Crippen molar-refractivity contribution in [1.29, 1.82) is 0 Å². The average molecular weight is 316 g/mol. The molecule has 3 rings (SSSR count). The molecule has 0 fully saturated rings. The Balaban J connectivity index is 1.91. The van der Waals surface area contributed by atoms with Crippen molar-refractivity contribution in [3.8, 4) is 22.3 Å². The summed E-state index contributed by atoms with van der Waals surface area (Å²) in [6.45, 7) is 0. The van der Waals surface area contributed by atoms with Crippen LogP contribution in [0.3, 0.4) is 0 Å². The molecule has 0 unspecified atom stereocenters. The zero-order valence-electron chi connectivity index (χ0n) is 14.8. The summed E-state index contributed by atoms with van der Waals surface area (Å²) in [5, 5.41) is 0. The van der Waals surface area contributed by atoms with E-state index in [-0.39, 0.29) is 0 Å². The highest BCUT2D eigenvalue weighted by atomic mass is 15.1. The van der Waals surface area contributed by atoms with Crippen LogP contribution in [0, 0.1) is 0 Å². The van der Waals surface area contributed by atoms with Gasteiger partial charge in [0.2, 0.25) is 0 Å². The largest absolute Gasteiger partial charge is 0.378 e. The van der Waals surface area contributed by atoms with E-state index in [4.69, 9.17) is 0 Å². The van der Waals surface area contributed by atoms with Crippen LogP contribution in [0.2, 0.25) is 0 Å². The Kier molecular flexibility index (Phi) is 4.57. The lowest BCUT2D eigenvalue weighted by molar-refractivity contribution is 1.13. The maximum absolute atomic E-state index is 2.26. The number of benzene rings is 3. The van der Waals surface area contributed by atoms with Crippen molar-refractivity contribution in [2.24, 2.45) is 0 Å². The van der Waals surface area contributed by atoms with Crippen LogP contribution in [0.25, 0.3) is 22.3 Å². The number of nitrogens with zero attached hydrogens (tertiary/aromatic N) is 2. The van der Waals surface area contributed by atoms with Crippen molar-refractivity contribution in [3.63, 3.8) is 0 Å². The summed E-state index contributed by atoms with van der Waals surface area (Å²) < 4.78 is 0. The van der Waals surface area contributed by atoms with E-state index in [1.165, 1.54) is 33.6 Å². The molecule has 24 heavy (non-hydrogen) atoms. The fraction of sp³-hybridized carbons (Fsp3) is 0.182. The third-order valence-electron chi connectivity index (χ3n) is 4.30. The minimum absolute atomic E-state index is 1.22. The van der Waals surface area contributed by atoms with E-state index in [0.29, 0.717) is 0 Å². The Morgan fingerprint density at radius 3 is 1.17 bits per heavy atom. The lowest BCUT2D eigenvalue weighted by Gasteiger charge is -2.14. The topological polar surface area (TPSA) is 6.48 Å². The molecule has 0 amide bonds. The third-order valence-corrected chi connectivity index (χ3v) is 4.30. The van der Waals surface area contributed by atoms with Crippen LogP contribution in [0.4, 0.5) is 11.4 Å². The molecule has 2 nitrogen and oxygen atoms in total. The standard InChI is InChI=1S/C22H24N2/c1-23(2)21-12-8-17(9-13-21)19-6-5-7-20(16-19)18-10-14-22(15-11-18)24(3)4/h5-16H,1-4H3. The van der Waals surface area contributed by atoms with Gasteiger partial charge in [-0.1, -0.05) is 42.5 Å². The van der Waals surface area contributed by atoms with Gasteiger partial charge in [-0.15, -0.1) is 0 Å². The van der Waals surface area contributed by atoms with Crippen LogP contribution in [-0.2, 0) is 0 Å². The Morgan fingerprint density at radius 2 is 0.833 bits per heavy atom. The van der Waals surface area contributed by atoms with Crippen LogP contribution >= 0.6 is 0 Å². The molecule has 0 bridgehead atoms. The fourth-order valence-corrected chi connectivity index (χ4v) is 2.78. The van der Waals surface area contributed by atoms with Crippen LogP contribution in [0.1, 0.15) is 0 Å². The van der Waals surface area contributed by atoms with Crippen LogP contribution in [-0.4, -0.2) is 28.2 Å². The van der Waals surface area contributed by atoms with E-state index in [2.05, 4.69) is 111 Å². The van der Waals surface area contributed by atoms with E-state index in [1.54, 1.807) is 0 Å². The molecule has 0 radical (unpaired) electrons. The molecule has 3 aromatic rings. The SMILES string of the molecule is CN(C)c1ccc(-c2cccc(-c3ccc(N(C)C)cc3)c2)cc1. The first kappa shape index (κ1) is 16.1. The van der Waals surface area contributed by atoms with Crippen LogP contribution < -0.4 is 9.80 Å². The zero-order chi connectivity index (χ0) is 17.1. The molecular formula is C22H24N2. The van der Waals surface area contributed by atoms with Gasteiger partial charge >= 0.3 is 0 Å². The zero-order valence-corrected chi connectivity index (χ0v) is 14.8. The van der Waals surface area contributed by atoms with Gasteiger partial charge in [0.25, 0.3) is 0 Å². The summed E-state index contributed by atoms with van der Waals surface area (Å²) in [6, 6.07) is 26.1. The van der Waals surface area contributed by atoms with Crippen molar-refractivity contribution >= 4 is 11.4 Å². The third kappa shape index (κ3) is 3.43. The van der Waals surface area contributed by atoms with E-state index >= 15 is 0 Å². The maximum atomic E-state index is 2.26. The molecule has 0 aliphatic heterocycles. The quantitative estimate of drug-likeness (QED) is 0.656. The molecular weight excluding hydrogens is 292 g/mol. The summed E-state index contributed by atoms with van der Waals surface area (Å²) in [5.41, 5.74) is 7.41. The second kappa shape index (κ2) is 6.79. The number of hydrogen-bond donors (Lipinski definition) is 0. The van der Waals surface area contributed by atoms with Gasteiger partial charge < -0.3 is 9.80 Å². The van der Waals surface area contributed by atoms with Crippen molar-refractivity contribution in [1.82, 2.24) is 0 Å². The van der Waals surface area contributed by atoms with Crippen LogP contribution in [0.15, 0.2) is 72.8 Å². The van der Waals surface area contributed by atoms with Crippen molar-refractivity contribution in [2.45, 2.75) is 0 Å². The lowest BCUT2D eigenvalue weighted by Crippen LogP contribution is -2.07. The first-order valence-corrected chi connectivity index (χ1v) is 8.20.